The highest BCUT2D eigenvalue weighted by Crippen LogP contribution is 2.45. The van der Waals surface area contributed by atoms with Gasteiger partial charge in [0.05, 0.1) is 24.3 Å². The predicted octanol–water partition coefficient (Wildman–Crippen LogP) is 1.75. The molecule has 0 saturated heterocycles. The molecule has 0 heterocycles. The summed E-state index contributed by atoms with van der Waals surface area (Å²) in [6, 6.07) is 9.12. The lowest BCUT2D eigenvalue weighted by Gasteiger charge is -2.22. The molecule has 18 heavy (non-hydrogen) atoms. The molecule has 1 aromatic carbocycles. The summed E-state index contributed by atoms with van der Waals surface area (Å²) < 4.78 is 0. The molecule has 1 saturated carbocycles. The highest BCUT2D eigenvalue weighted by molar-refractivity contribution is 5.74. The summed E-state index contributed by atoms with van der Waals surface area (Å²) in [5.74, 6) is 0. The zero-order chi connectivity index (χ0) is 13.2. The van der Waals surface area contributed by atoms with Gasteiger partial charge in [-0.25, -0.2) is 9.86 Å². The Morgan fingerprint density at radius 3 is 2.50 bits per heavy atom. The van der Waals surface area contributed by atoms with Gasteiger partial charge in [-0.15, -0.1) is 0 Å². The second-order valence-electron chi connectivity index (χ2n) is 4.38. The van der Waals surface area contributed by atoms with Crippen LogP contribution in [-0.2, 0) is 10.4 Å². The molecule has 1 fully saturated rings. The van der Waals surface area contributed by atoms with Gasteiger partial charge in [0, 0.05) is 7.05 Å². The molecule has 5 nitrogen and oxygen atoms in total. The van der Waals surface area contributed by atoms with Gasteiger partial charge in [-0.05, 0) is 30.5 Å². The van der Waals surface area contributed by atoms with E-state index in [0.29, 0.717) is 5.56 Å². The Hall–Kier alpha value is -2.06. The van der Waals surface area contributed by atoms with E-state index in [1.807, 2.05) is 12.1 Å². The maximum absolute atomic E-state index is 11.8. The Labute approximate surface area is 106 Å². The van der Waals surface area contributed by atoms with E-state index in [1.54, 1.807) is 19.2 Å². The number of hydrogen-bond acceptors (Lipinski definition) is 3. The quantitative estimate of drug-likeness (QED) is 0.825. The Bertz CT molecular complexity index is 486. The van der Waals surface area contributed by atoms with Crippen molar-refractivity contribution in [1.29, 1.82) is 5.26 Å². The summed E-state index contributed by atoms with van der Waals surface area (Å²) >= 11 is 0. The molecule has 0 spiro atoms. The second-order valence-corrected chi connectivity index (χ2v) is 4.38. The van der Waals surface area contributed by atoms with Gasteiger partial charge in [0.1, 0.15) is 0 Å². The van der Waals surface area contributed by atoms with Crippen molar-refractivity contribution >= 4 is 6.03 Å². The molecule has 1 aliphatic carbocycles. The zero-order valence-corrected chi connectivity index (χ0v) is 10.4. The average Bonchev–Trinajstić information content (AvgIpc) is 3.18. The van der Waals surface area contributed by atoms with Crippen LogP contribution in [0.5, 0.6) is 0 Å². The van der Waals surface area contributed by atoms with Gasteiger partial charge in [0.2, 0.25) is 0 Å². The molecule has 2 amide bonds. The molecule has 0 unspecified atom stereocenters. The Kier molecular flexibility index (Phi) is 3.21. The molecular weight excluding hydrogens is 230 g/mol. The van der Waals surface area contributed by atoms with Crippen molar-refractivity contribution in [1.82, 2.24) is 10.4 Å². The summed E-state index contributed by atoms with van der Waals surface area (Å²) in [6.07, 6.45) is 1.81. The fourth-order valence-corrected chi connectivity index (χ4v) is 1.84. The van der Waals surface area contributed by atoms with E-state index in [9.17, 15) is 4.79 Å². The van der Waals surface area contributed by atoms with Crippen LogP contribution < -0.4 is 5.32 Å². The fourth-order valence-electron chi connectivity index (χ4n) is 1.84. The zero-order valence-electron chi connectivity index (χ0n) is 10.4. The van der Waals surface area contributed by atoms with E-state index >= 15 is 0 Å². The number of carbonyl (C=O) groups is 1. The highest BCUT2D eigenvalue weighted by Gasteiger charge is 2.46. The van der Waals surface area contributed by atoms with Crippen molar-refractivity contribution < 1.29 is 9.63 Å². The number of amides is 2. The number of rotatable bonds is 3. The number of nitrogens with zero attached hydrogens (tertiary/aromatic N) is 2. The van der Waals surface area contributed by atoms with E-state index < -0.39 is 0 Å². The first-order valence-electron chi connectivity index (χ1n) is 5.72. The monoisotopic (exact) mass is 245 g/mol. The molecule has 0 aliphatic heterocycles. The number of hydrogen-bond donors (Lipinski definition) is 1. The lowest BCUT2D eigenvalue weighted by Crippen LogP contribution is -2.42. The van der Waals surface area contributed by atoms with Crippen LogP contribution in [0.3, 0.4) is 0 Å². The van der Waals surface area contributed by atoms with Gasteiger partial charge in [0.25, 0.3) is 0 Å². The smallest absolute Gasteiger partial charge is 0.327 e. The van der Waals surface area contributed by atoms with Crippen LogP contribution in [-0.4, -0.2) is 25.3 Å². The number of hydroxylamine groups is 2. The number of carbonyl (C=O) groups excluding carboxylic acids is 1. The number of urea groups is 1. The third-order valence-electron chi connectivity index (χ3n) is 3.22. The molecule has 0 bridgehead atoms. The topological polar surface area (TPSA) is 65.4 Å². The van der Waals surface area contributed by atoms with E-state index in [1.165, 1.54) is 7.11 Å². The maximum atomic E-state index is 11.8. The SMILES string of the molecule is CON(C)C(=O)NC1(c2ccc(C#N)cc2)CC1. The van der Waals surface area contributed by atoms with Crippen LogP contribution in [0, 0.1) is 11.3 Å². The van der Waals surface area contributed by atoms with Crippen molar-refractivity contribution in [3.63, 3.8) is 0 Å². The molecule has 1 aliphatic rings. The van der Waals surface area contributed by atoms with Crippen LogP contribution >= 0.6 is 0 Å². The molecule has 1 aromatic rings. The molecular formula is C13H15N3O2. The van der Waals surface area contributed by atoms with E-state index in [0.717, 1.165) is 23.5 Å². The number of benzene rings is 1. The predicted molar refractivity (Wildman–Crippen MR) is 65.4 cm³/mol. The molecule has 1 N–H and O–H groups in total. The van der Waals surface area contributed by atoms with Crippen LogP contribution in [0.15, 0.2) is 24.3 Å². The third kappa shape index (κ3) is 2.29. The van der Waals surface area contributed by atoms with Crippen molar-refractivity contribution in [2.45, 2.75) is 18.4 Å². The van der Waals surface area contributed by atoms with Gasteiger partial charge in [-0.2, -0.15) is 5.26 Å². The van der Waals surface area contributed by atoms with Crippen molar-refractivity contribution in [2.24, 2.45) is 0 Å². The summed E-state index contributed by atoms with van der Waals surface area (Å²) in [5.41, 5.74) is 1.35. The Morgan fingerprint density at radius 1 is 1.44 bits per heavy atom. The van der Waals surface area contributed by atoms with Crippen molar-refractivity contribution in [2.75, 3.05) is 14.2 Å². The standard InChI is InChI=1S/C13H15N3O2/c1-16(18-2)12(17)15-13(7-8-13)11-5-3-10(9-14)4-6-11/h3-6H,7-8H2,1-2H3,(H,15,17). The maximum Gasteiger partial charge on any atom is 0.341 e. The van der Waals surface area contributed by atoms with E-state index in [-0.39, 0.29) is 11.6 Å². The Morgan fingerprint density at radius 2 is 2.06 bits per heavy atom. The van der Waals surface area contributed by atoms with Crippen LogP contribution in [0.1, 0.15) is 24.0 Å². The van der Waals surface area contributed by atoms with E-state index in [4.69, 9.17) is 10.1 Å². The summed E-state index contributed by atoms with van der Waals surface area (Å²) in [5, 5.41) is 12.9. The van der Waals surface area contributed by atoms with Crippen LogP contribution in [0.4, 0.5) is 4.79 Å². The minimum absolute atomic E-state index is 0.264. The summed E-state index contributed by atoms with van der Waals surface area (Å²) in [7, 11) is 3.01. The first-order chi connectivity index (χ1) is 8.61. The largest absolute Gasteiger partial charge is 0.341 e. The van der Waals surface area contributed by atoms with Gasteiger partial charge >= 0.3 is 6.03 Å². The summed E-state index contributed by atoms with van der Waals surface area (Å²) in [6.45, 7) is 0. The fraction of sp³-hybridized carbons (Fsp3) is 0.385. The van der Waals surface area contributed by atoms with Crippen LogP contribution in [0.2, 0.25) is 0 Å². The number of nitriles is 1. The molecule has 0 aromatic heterocycles. The lowest BCUT2D eigenvalue weighted by atomic mass is 10.0. The molecule has 0 atom stereocenters. The third-order valence-corrected chi connectivity index (χ3v) is 3.22. The summed E-state index contributed by atoms with van der Waals surface area (Å²) in [4.78, 5) is 16.6. The minimum Gasteiger partial charge on any atom is -0.327 e. The van der Waals surface area contributed by atoms with Crippen molar-refractivity contribution in [3.8, 4) is 6.07 Å². The highest BCUT2D eigenvalue weighted by atomic mass is 16.7. The molecule has 5 heteroatoms. The van der Waals surface area contributed by atoms with E-state index in [2.05, 4.69) is 11.4 Å². The molecule has 2 rings (SSSR count). The van der Waals surface area contributed by atoms with Gasteiger partial charge < -0.3 is 5.32 Å². The molecule has 0 radical (unpaired) electrons. The van der Waals surface area contributed by atoms with Gasteiger partial charge in [-0.3, -0.25) is 4.84 Å². The van der Waals surface area contributed by atoms with Crippen molar-refractivity contribution in [3.05, 3.63) is 35.4 Å². The lowest BCUT2D eigenvalue weighted by molar-refractivity contribution is -0.0659. The normalized spacial score (nSPS) is 15.6. The average molecular weight is 245 g/mol. The first-order valence-corrected chi connectivity index (χ1v) is 5.72. The van der Waals surface area contributed by atoms with Gasteiger partial charge in [0.15, 0.2) is 0 Å². The molecule has 94 valence electrons. The second kappa shape index (κ2) is 4.67. The van der Waals surface area contributed by atoms with Gasteiger partial charge in [-0.1, -0.05) is 12.1 Å². The van der Waals surface area contributed by atoms with Crippen LogP contribution in [0.25, 0.3) is 0 Å². The Balaban J connectivity index is 2.12. The first kappa shape index (κ1) is 12.4. The minimum atomic E-state index is -0.294. The number of nitrogens with one attached hydrogen (secondary N) is 1.